The third kappa shape index (κ3) is 4.73. The van der Waals surface area contributed by atoms with Gasteiger partial charge >= 0.3 is 6.09 Å². The van der Waals surface area contributed by atoms with E-state index in [2.05, 4.69) is 15.4 Å². The number of nitrogens with zero attached hydrogens (tertiary/aromatic N) is 3. The monoisotopic (exact) mass is 349 g/mol. The lowest BCUT2D eigenvalue weighted by atomic mass is 10.2. The molecule has 0 saturated carbocycles. The van der Waals surface area contributed by atoms with Crippen LogP contribution in [0.1, 0.15) is 32.0 Å². The Bertz CT molecular complexity index is 777. The van der Waals surface area contributed by atoms with Crippen molar-refractivity contribution in [1.82, 2.24) is 9.66 Å². The second-order valence-electron chi connectivity index (χ2n) is 6.16. The maximum absolute atomic E-state index is 12.0. The molecule has 2 rings (SSSR count). The second kappa shape index (κ2) is 6.92. The predicted octanol–water partition coefficient (Wildman–Crippen LogP) is 3.66. The first-order valence-corrected chi connectivity index (χ1v) is 7.68. The number of nitrogen functional groups attached to an aromatic ring is 1. The van der Waals surface area contributed by atoms with E-state index in [-0.39, 0.29) is 5.95 Å². The molecule has 1 heterocycles. The van der Waals surface area contributed by atoms with E-state index < -0.39 is 11.7 Å². The lowest BCUT2D eigenvalue weighted by Gasteiger charge is -2.20. The summed E-state index contributed by atoms with van der Waals surface area (Å²) < 4.78 is 6.68. The number of aryl methyl sites for hydroxylation is 1. The molecule has 1 aromatic carbocycles. The van der Waals surface area contributed by atoms with Crippen LogP contribution in [-0.2, 0) is 4.74 Å². The fourth-order valence-corrected chi connectivity index (χ4v) is 2.13. The van der Waals surface area contributed by atoms with Crippen LogP contribution in [0, 0.1) is 6.92 Å². The molecule has 128 valence electrons. The minimum atomic E-state index is -0.598. The Hall–Kier alpha value is -2.54. The van der Waals surface area contributed by atoms with Crippen LogP contribution >= 0.6 is 11.6 Å². The summed E-state index contributed by atoms with van der Waals surface area (Å²) in [6, 6.07) is 5.13. The second-order valence-corrected chi connectivity index (χ2v) is 6.56. The van der Waals surface area contributed by atoms with Crippen LogP contribution in [0.25, 0.3) is 0 Å². The number of ether oxygens (including phenoxy) is 1. The highest BCUT2D eigenvalue weighted by Crippen LogP contribution is 2.23. The van der Waals surface area contributed by atoms with E-state index in [9.17, 15) is 4.79 Å². The average Bonchev–Trinajstić information content (AvgIpc) is 2.74. The van der Waals surface area contributed by atoms with E-state index >= 15 is 0 Å². The van der Waals surface area contributed by atoms with Crippen LogP contribution < -0.4 is 11.1 Å². The van der Waals surface area contributed by atoms with Crippen LogP contribution in [0.3, 0.4) is 0 Å². The van der Waals surface area contributed by atoms with Gasteiger partial charge in [-0.25, -0.2) is 14.5 Å². The van der Waals surface area contributed by atoms with Gasteiger partial charge in [0.05, 0.1) is 28.8 Å². The minimum absolute atomic E-state index is 0.262. The largest absolute Gasteiger partial charge is 0.444 e. The van der Waals surface area contributed by atoms with E-state index in [1.165, 1.54) is 10.9 Å². The zero-order valence-corrected chi connectivity index (χ0v) is 14.8. The van der Waals surface area contributed by atoms with Gasteiger partial charge in [0.15, 0.2) is 0 Å². The fraction of sp³-hybridized carbons (Fsp3) is 0.312. The lowest BCUT2D eigenvalue weighted by molar-refractivity contribution is 0.0636. The van der Waals surface area contributed by atoms with Crippen molar-refractivity contribution in [3.05, 3.63) is 40.7 Å². The molecule has 0 unspecified atom stereocenters. The number of benzene rings is 1. The van der Waals surface area contributed by atoms with Crippen LogP contribution in [0.4, 0.5) is 16.4 Å². The highest BCUT2D eigenvalue weighted by Gasteiger charge is 2.17. The van der Waals surface area contributed by atoms with Crippen molar-refractivity contribution in [3.8, 4) is 0 Å². The number of aromatic nitrogens is 2. The molecular weight excluding hydrogens is 330 g/mol. The molecule has 8 heteroatoms. The topological polar surface area (TPSA) is 94.5 Å². The summed E-state index contributed by atoms with van der Waals surface area (Å²) in [5.74, 6) is 0.262. The predicted molar refractivity (Wildman–Crippen MR) is 95.7 cm³/mol. The normalized spacial score (nSPS) is 11.7. The molecule has 1 amide bonds. The van der Waals surface area contributed by atoms with Gasteiger partial charge in [0.1, 0.15) is 5.60 Å². The molecule has 0 aliphatic rings. The molecular formula is C16H20ClN5O2. The summed E-state index contributed by atoms with van der Waals surface area (Å²) >= 11 is 6.22. The smallest absolute Gasteiger partial charge is 0.412 e. The summed E-state index contributed by atoms with van der Waals surface area (Å²) in [5, 5.41) is 7.33. The number of carbonyl (C=O) groups is 1. The van der Waals surface area contributed by atoms with Crippen molar-refractivity contribution in [2.45, 2.75) is 33.3 Å². The molecule has 3 N–H and O–H groups in total. The van der Waals surface area contributed by atoms with Gasteiger partial charge in [-0.2, -0.15) is 5.10 Å². The Morgan fingerprint density at radius 3 is 2.75 bits per heavy atom. The average molecular weight is 350 g/mol. The van der Waals surface area contributed by atoms with Crippen LogP contribution in [0.5, 0.6) is 0 Å². The number of hydrogen-bond acceptors (Lipinski definition) is 5. The van der Waals surface area contributed by atoms with E-state index in [1.807, 2.05) is 6.92 Å². The summed E-state index contributed by atoms with van der Waals surface area (Å²) in [5.41, 5.74) is 6.92. The summed E-state index contributed by atoms with van der Waals surface area (Å²) in [4.78, 5) is 16.0. The fourth-order valence-electron chi connectivity index (χ4n) is 1.91. The SMILES string of the molecule is Cc1cn(N=Cc2c(Cl)cccc2NC(=O)OC(C)(C)C)c(N)n1. The van der Waals surface area contributed by atoms with Crippen molar-refractivity contribution < 1.29 is 9.53 Å². The molecule has 0 bridgehead atoms. The Morgan fingerprint density at radius 2 is 2.17 bits per heavy atom. The molecule has 2 aromatic rings. The molecule has 24 heavy (non-hydrogen) atoms. The summed E-state index contributed by atoms with van der Waals surface area (Å²) in [7, 11) is 0. The molecule has 0 spiro atoms. The van der Waals surface area contributed by atoms with Gasteiger partial charge in [-0.3, -0.25) is 5.32 Å². The highest BCUT2D eigenvalue weighted by molar-refractivity contribution is 6.33. The van der Waals surface area contributed by atoms with Gasteiger partial charge in [0.2, 0.25) is 5.95 Å². The van der Waals surface area contributed by atoms with Crippen LogP contribution in [0.15, 0.2) is 29.5 Å². The Kier molecular flexibility index (Phi) is 5.14. The standard InChI is InChI=1S/C16H20ClN5O2/c1-10-9-22(14(18)20-10)19-8-11-12(17)6-5-7-13(11)21-15(23)24-16(2,3)4/h5-9H,1-4H3,(H2,18,20)(H,21,23). The number of amides is 1. The molecule has 7 nitrogen and oxygen atoms in total. The summed E-state index contributed by atoms with van der Waals surface area (Å²) in [6.07, 6.45) is 2.62. The van der Waals surface area contributed by atoms with Crippen molar-refractivity contribution in [1.29, 1.82) is 0 Å². The Morgan fingerprint density at radius 1 is 1.46 bits per heavy atom. The van der Waals surface area contributed by atoms with Crippen LogP contribution in [-0.4, -0.2) is 27.6 Å². The van der Waals surface area contributed by atoms with Gasteiger partial charge in [0.25, 0.3) is 0 Å². The van der Waals surface area contributed by atoms with E-state index in [0.717, 1.165) is 5.69 Å². The minimum Gasteiger partial charge on any atom is -0.444 e. The lowest BCUT2D eigenvalue weighted by Crippen LogP contribution is -2.27. The third-order valence-corrected chi connectivity index (χ3v) is 3.16. The first-order valence-electron chi connectivity index (χ1n) is 7.30. The number of anilines is 2. The first kappa shape index (κ1) is 17.8. The van der Waals surface area contributed by atoms with Gasteiger partial charge in [-0.05, 0) is 39.8 Å². The molecule has 1 aromatic heterocycles. The quantitative estimate of drug-likeness (QED) is 0.827. The van der Waals surface area contributed by atoms with Crippen molar-refractivity contribution in [3.63, 3.8) is 0 Å². The summed E-state index contributed by atoms with van der Waals surface area (Å²) in [6.45, 7) is 7.18. The number of rotatable bonds is 3. The number of nitrogens with one attached hydrogen (secondary N) is 1. The molecule has 0 radical (unpaired) electrons. The van der Waals surface area contributed by atoms with Crippen molar-refractivity contribution >= 4 is 35.5 Å². The van der Waals surface area contributed by atoms with Gasteiger partial charge < -0.3 is 10.5 Å². The zero-order chi connectivity index (χ0) is 17.9. The Balaban J connectivity index is 2.27. The number of imidazole rings is 1. The van der Waals surface area contributed by atoms with Crippen molar-refractivity contribution in [2.24, 2.45) is 5.10 Å². The zero-order valence-electron chi connectivity index (χ0n) is 14.0. The van der Waals surface area contributed by atoms with E-state index in [0.29, 0.717) is 16.3 Å². The molecule has 0 atom stereocenters. The number of hydrogen-bond donors (Lipinski definition) is 2. The molecule has 0 fully saturated rings. The highest BCUT2D eigenvalue weighted by atomic mass is 35.5. The number of carbonyl (C=O) groups excluding carboxylic acids is 1. The van der Waals surface area contributed by atoms with Crippen molar-refractivity contribution in [2.75, 3.05) is 11.1 Å². The van der Waals surface area contributed by atoms with E-state index in [4.69, 9.17) is 22.1 Å². The van der Waals surface area contributed by atoms with Gasteiger partial charge in [-0.15, -0.1) is 0 Å². The Labute approximate surface area is 145 Å². The van der Waals surface area contributed by atoms with Crippen LogP contribution in [0.2, 0.25) is 5.02 Å². The molecule has 0 aliphatic heterocycles. The van der Waals surface area contributed by atoms with E-state index in [1.54, 1.807) is 45.2 Å². The third-order valence-electron chi connectivity index (χ3n) is 2.83. The maximum Gasteiger partial charge on any atom is 0.412 e. The van der Waals surface area contributed by atoms with Gasteiger partial charge in [-0.1, -0.05) is 17.7 Å². The number of nitrogens with two attached hydrogens (primary N) is 1. The van der Waals surface area contributed by atoms with Gasteiger partial charge in [0, 0.05) is 5.56 Å². The molecule has 0 saturated heterocycles. The molecule has 0 aliphatic carbocycles. The number of halogens is 1. The maximum atomic E-state index is 12.0. The first-order chi connectivity index (χ1) is 11.2.